The Balaban J connectivity index is 1.71. The van der Waals surface area contributed by atoms with Gasteiger partial charge in [0.25, 0.3) is 0 Å². The van der Waals surface area contributed by atoms with Crippen molar-refractivity contribution in [2.75, 3.05) is 12.3 Å². The second-order valence-electron chi connectivity index (χ2n) is 4.08. The summed E-state index contributed by atoms with van der Waals surface area (Å²) in [6, 6.07) is 8.38. The van der Waals surface area contributed by atoms with Crippen molar-refractivity contribution < 1.29 is 5.11 Å². The lowest BCUT2D eigenvalue weighted by molar-refractivity contribution is 0.195. The first kappa shape index (κ1) is 12.2. The highest BCUT2D eigenvalue weighted by Gasteiger charge is 2.21. The number of nitrogens with one attached hydrogen (secondary N) is 1. The fraction of sp³-hybridized carbons (Fsp3) is 0.500. The van der Waals surface area contributed by atoms with Crippen LogP contribution in [0.1, 0.15) is 12.8 Å². The molecule has 0 spiro atoms. The SMILES string of the molecule is OC(CNC1CC1)CSc1ccccc1Cl. The van der Waals surface area contributed by atoms with Gasteiger partial charge in [-0.05, 0) is 25.0 Å². The van der Waals surface area contributed by atoms with E-state index in [1.807, 2.05) is 24.3 Å². The average molecular weight is 258 g/mol. The molecule has 0 radical (unpaired) electrons. The molecule has 0 aromatic heterocycles. The molecule has 1 aliphatic carbocycles. The number of halogens is 1. The Morgan fingerprint density at radius 2 is 2.19 bits per heavy atom. The summed E-state index contributed by atoms with van der Waals surface area (Å²) >= 11 is 7.63. The first-order valence-corrected chi connectivity index (χ1v) is 6.91. The van der Waals surface area contributed by atoms with E-state index in [1.54, 1.807) is 11.8 Å². The van der Waals surface area contributed by atoms with Gasteiger partial charge in [-0.15, -0.1) is 11.8 Å². The molecule has 1 aromatic rings. The molecule has 2 nitrogen and oxygen atoms in total. The molecule has 16 heavy (non-hydrogen) atoms. The number of benzene rings is 1. The monoisotopic (exact) mass is 257 g/mol. The van der Waals surface area contributed by atoms with Crippen molar-refractivity contribution in [1.82, 2.24) is 5.32 Å². The highest BCUT2D eigenvalue weighted by atomic mass is 35.5. The summed E-state index contributed by atoms with van der Waals surface area (Å²) in [5.74, 6) is 0.684. The van der Waals surface area contributed by atoms with Crippen molar-refractivity contribution in [1.29, 1.82) is 0 Å². The van der Waals surface area contributed by atoms with E-state index in [-0.39, 0.29) is 6.10 Å². The molecule has 1 saturated carbocycles. The third-order valence-corrected chi connectivity index (χ3v) is 4.15. The minimum Gasteiger partial charge on any atom is -0.391 e. The number of aliphatic hydroxyl groups is 1. The van der Waals surface area contributed by atoms with Crippen LogP contribution in [0.25, 0.3) is 0 Å². The molecular weight excluding hydrogens is 242 g/mol. The lowest BCUT2D eigenvalue weighted by Gasteiger charge is -2.11. The quantitative estimate of drug-likeness (QED) is 0.769. The van der Waals surface area contributed by atoms with Crippen LogP contribution < -0.4 is 5.32 Å². The van der Waals surface area contributed by atoms with Crippen molar-refractivity contribution in [2.24, 2.45) is 0 Å². The van der Waals surface area contributed by atoms with Gasteiger partial charge in [0.1, 0.15) is 0 Å². The van der Waals surface area contributed by atoms with Crippen LogP contribution in [0.5, 0.6) is 0 Å². The van der Waals surface area contributed by atoms with Crippen LogP contribution in [0.3, 0.4) is 0 Å². The normalized spacial score (nSPS) is 17.4. The second-order valence-corrected chi connectivity index (χ2v) is 5.55. The van der Waals surface area contributed by atoms with Gasteiger partial charge in [-0.2, -0.15) is 0 Å². The van der Waals surface area contributed by atoms with Gasteiger partial charge >= 0.3 is 0 Å². The minimum absolute atomic E-state index is 0.304. The molecule has 2 N–H and O–H groups in total. The van der Waals surface area contributed by atoms with Gasteiger partial charge in [-0.1, -0.05) is 23.7 Å². The Bertz CT molecular complexity index is 344. The van der Waals surface area contributed by atoms with E-state index in [1.165, 1.54) is 12.8 Å². The van der Waals surface area contributed by atoms with E-state index >= 15 is 0 Å². The molecule has 1 unspecified atom stereocenters. The summed E-state index contributed by atoms with van der Waals surface area (Å²) in [6.07, 6.45) is 2.20. The summed E-state index contributed by atoms with van der Waals surface area (Å²) in [5, 5.41) is 13.8. The highest BCUT2D eigenvalue weighted by Crippen LogP contribution is 2.27. The van der Waals surface area contributed by atoms with Crippen molar-refractivity contribution in [3.63, 3.8) is 0 Å². The largest absolute Gasteiger partial charge is 0.391 e. The average Bonchev–Trinajstić information content (AvgIpc) is 3.09. The maximum atomic E-state index is 9.75. The first-order valence-electron chi connectivity index (χ1n) is 5.54. The van der Waals surface area contributed by atoms with Crippen LogP contribution in [0, 0.1) is 0 Å². The summed E-state index contributed by atoms with van der Waals surface area (Å²) in [6.45, 7) is 0.683. The van der Waals surface area contributed by atoms with E-state index in [9.17, 15) is 5.11 Å². The zero-order valence-electron chi connectivity index (χ0n) is 9.03. The van der Waals surface area contributed by atoms with E-state index in [4.69, 9.17) is 11.6 Å². The van der Waals surface area contributed by atoms with Crippen molar-refractivity contribution in [3.05, 3.63) is 29.3 Å². The molecule has 0 bridgehead atoms. The first-order chi connectivity index (χ1) is 7.75. The lowest BCUT2D eigenvalue weighted by atomic mass is 10.4. The molecule has 0 amide bonds. The number of hydrogen-bond donors (Lipinski definition) is 2. The van der Waals surface area contributed by atoms with Gasteiger partial charge < -0.3 is 10.4 Å². The van der Waals surface area contributed by atoms with Gasteiger partial charge in [0, 0.05) is 23.2 Å². The van der Waals surface area contributed by atoms with Crippen LogP contribution >= 0.6 is 23.4 Å². The van der Waals surface area contributed by atoms with Crippen molar-refractivity contribution in [3.8, 4) is 0 Å². The molecule has 1 aliphatic rings. The van der Waals surface area contributed by atoms with E-state index in [0.717, 1.165) is 9.92 Å². The molecule has 0 heterocycles. The van der Waals surface area contributed by atoms with Gasteiger partial charge in [-0.3, -0.25) is 0 Å². The smallest absolute Gasteiger partial charge is 0.0758 e. The number of hydrogen-bond acceptors (Lipinski definition) is 3. The molecule has 4 heteroatoms. The van der Waals surface area contributed by atoms with Crippen LogP contribution in [0.4, 0.5) is 0 Å². The summed E-state index contributed by atoms with van der Waals surface area (Å²) in [7, 11) is 0. The standard InChI is InChI=1S/C12H16ClNOS/c13-11-3-1-2-4-12(11)16-8-10(15)7-14-9-5-6-9/h1-4,9-10,14-15H,5-8H2. The third kappa shape index (κ3) is 3.98. The highest BCUT2D eigenvalue weighted by molar-refractivity contribution is 7.99. The Morgan fingerprint density at radius 3 is 2.88 bits per heavy atom. The minimum atomic E-state index is -0.304. The summed E-state index contributed by atoms with van der Waals surface area (Å²) < 4.78 is 0. The van der Waals surface area contributed by atoms with Crippen LogP contribution in [-0.4, -0.2) is 29.5 Å². The Hall–Kier alpha value is -0.220. The van der Waals surface area contributed by atoms with Crippen LogP contribution in [0.2, 0.25) is 5.02 Å². The lowest BCUT2D eigenvalue weighted by Crippen LogP contribution is -2.29. The van der Waals surface area contributed by atoms with Crippen LogP contribution in [-0.2, 0) is 0 Å². The predicted molar refractivity (Wildman–Crippen MR) is 69.2 cm³/mol. The van der Waals surface area contributed by atoms with Crippen molar-refractivity contribution in [2.45, 2.75) is 29.9 Å². The van der Waals surface area contributed by atoms with Gasteiger partial charge in [-0.25, -0.2) is 0 Å². The Kier molecular flexibility index (Phi) is 4.53. The van der Waals surface area contributed by atoms with Gasteiger partial charge in [0.15, 0.2) is 0 Å². The van der Waals surface area contributed by atoms with Crippen LogP contribution in [0.15, 0.2) is 29.2 Å². The fourth-order valence-corrected chi connectivity index (χ4v) is 2.57. The molecule has 0 saturated heterocycles. The maximum absolute atomic E-state index is 9.75. The van der Waals surface area contributed by atoms with E-state index < -0.39 is 0 Å². The van der Waals surface area contributed by atoms with E-state index in [0.29, 0.717) is 18.3 Å². The Labute approximate surface area is 105 Å². The number of aliphatic hydroxyl groups excluding tert-OH is 1. The zero-order chi connectivity index (χ0) is 11.4. The molecule has 1 fully saturated rings. The molecule has 1 aromatic carbocycles. The summed E-state index contributed by atoms with van der Waals surface area (Å²) in [4.78, 5) is 1.04. The molecule has 2 rings (SSSR count). The number of thioether (sulfide) groups is 1. The van der Waals surface area contributed by atoms with E-state index in [2.05, 4.69) is 5.32 Å². The predicted octanol–water partition coefficient (Wildman–Crippen LogP) is 2.55. The zero-order valence-corrected chi connectivity index (χ0v) is 10.6. The van der Waals surface area contributed by atoms with Gasteiger partial charge in [0.05, 0.1) is 11.1 Å². The third-order valence-electron chi connectivity index (χ3n) is 2.49. The molecule has 1 atom stereocenters. The molecule has 0 aliphatic heterocycles. The fourth-order valence-electron chi connectivity index (χ4n) is 1.40. The summed E-state index contributed by atoms with van der Waals surface area (Å²) in [5.41, 5.74) is 0. The van der Waals surface area contributed by atoms with Gasteiger partial charge in [0.2, 0.25) is 0 Å². The van der Waals surface area contributed by atoms with Crippen molar-refractivity contribution >= 4 is 23.4 Å². The molecule has 88 valence electrons. The maximum Gasteiger partial charge on any atom is 0.0758 e. The molecular formula is C12H16ClNOS. The second kappa shape index (κ2) is 5.92. The number of rotatable bonds is 6. The topological polar surface area (TPSA) is 32.3 Å². The Morgan fingerprint density at radius 1 is 1.44 bits per heavy atom.